The number of hydrogen-bond donors (Lipinski definition) is 1. The summed E-state index contributed by atoms with van der Waals surface area (Å²) >= 11 is 1.67. The highest BCUT2D eigenvalue weighted by atomic mass is 32.1. The van der Waals surface area contributed by atoms with Gasteiger partial charge in [-0.3, -0.25) is 0 Å². The van der Waals surface area contributed by atoms with E-state index < -0.39 is 0 Å². The van der Waals surface area contributed by atoms with E-state index in [0.29, 0.717) is 0 Å². The molecule has 16 heavy (non-hydrogen) atoms. The van der Waals surface area contributed by atoms with Crippen LogP contribution in [-0.4, -0.2) is 12.0 Å². The Labute approximate surface area is 100 Å². The van der Waals surface area contributed by atoms with Crippen molar-refractivity contribution in [3.05, 3.63) is 46.5 Å². The molecule has 0 aliphatic carbocycles. The highest BCUT2D eigenvalue weighted by molar-refractivity contribution is 7.13. The van der Waals surface area contributed by atoms with Gasteiger partial charge in [-0.15, -0.1) is 11.3 Å². The molecule has 1 aromatic heterocycles. The lowest BCUT2D eigenvalue weighted by Gasteiger charge is -2.03. The number of hydrogen-bond acceptors (Lipinski definition) is 3. The Morgan fingerprint density at radius 3 is 2.75 bits per heavy atom. The average molecular weight is 232 g/mol. The fourth-order valence-corrected chi connectivity index (χ4v) is 2.40. The van der Waals surface area contributed by atoms with Crippen LogP contribution in [0.5, 0.6) is 0 Å². The molecular formula is C13H16N2S. The summed E-state index contributed by atoms with van der Waals surface area (Å²) in [7, 11) is 1.91. The molecule has 0 atom stereocenters. The van der Waals surface area contributed by atoms with Crippen LogP contribution in [0.15, 0.2) is 29.6 Å². The molecule has 2 aromatic rings. The second-order valence-corrected chi connectivity index (χ2v) is 4.68. The van der Waals surface area contributed by atoms with Crippen LogP contribution < -0.4 is 5.32 Å². The molecule has 0 amide bonds. The monoisotopic (exact) mass is 232 g/mol. The van der Waals surface area contributed by atoms with Crippen LogP contribution in [0, 0.1) is 6.92 Å². The fourth-order valence-electron chi connectivity index (χ4n) is 1.69. The molecule has 0 saturated heterocycles. The van der Waals surface area contributed by atoms with Crippen molar-refractivity contribution >= 4 is 16.5 Å². The van der Waals surface area contributed by atoms with E-state index in [1.165, 1.54) is 16.8 Å². The summed E-state index contributed by atoms with van der Waals surface area (Å²) < 4.78 is 0. The van der Waals surface area contributed by atoms with Gasteiger partial charge in [-0.05, 0) is 30.9 Å². The molecule has 0 bridgehead atoms. The zero-order valence-corrected chi connectivity index (χ0v) is 10.5. The van der Waals surface area contributed by atoms with Crippen LogP contribution in [0.3, 0.4) is 0 Å². The number of aromatic nitrogens is 1. The number of anilines is 1. The van der Waals surface area contributed by atoms with Crippen molar-refractivity contribution in [3.63, 3.8) is 0 Å². The van der Waals surface area contributed by atoms with E-state index in [1.807, 2.05) is 7.05 Å². The summed E-state index contributed by atoms with van der Waals surface area (Å²) in [5.74, 6) is 0. The number of nitrogens with one attached hydrogen (secondary N) is 1. The Balaban J connectivity index is 1.99. The first-order chi connectivity index (χ1) is 7.79. The van der Waals surface area contributed by atoms with Gasteiger partial charge in [-0.25, -0.2) is 4.98 Å². The van der Waals surface area contributed by atoms with Crippen LogP contribution in [0.2, 0.25) is 0 Å². The second kappa shape index (κ2) is 5.12. The Kier molecular flexibility index (Phi) is 3.57. The third-order valence-electron chi connectivity index (χ3n) is 2.68. The lowest BCUT2D eigenvalue weighted by Crippen LogP contribution is -1.94. The lowest BCUT2D eigenvalue weighted by molar-refractivity contribution is 0.918. The van der Waals surface area contributed by atoms with Gasteiger partial charge in [-0.1, -0.05) is 24.3 Å². The van der Waals surface area contributed by atoms with Crippen molar-refractivity contribution in [3.8, 4) is 0 Å². The first-order valence-electron chi connectivity index (χ1n) is 5.46. The van der Waals surface area contributed by atoms with Gasteiger partial charge in [0.1, 0.15) is 0 Å². The summed E-state index contributed by atoms with van der Waals surface area (Å²) in [6, 6.07) is 8.54. The molecule has 3 heteroatoms. The molecule has 0 radical (unpaired) electrons. The Morgan fingerprint density at radius 2 is 2.06 bits per heavy atom. The van der Waals surface area contributed by atoms with Crippen LogP contribution in [0.25, 0.3) is 0 Å². The minimum Gasteiger partial charge on any atom is -0.365 e. The SMILES string of the molecule is CNc1nc(CCc2ccccc2C)cs1. The van der Waals surface area contributed by atoms with Gasteiger partial charge in [0, 0.05) is 12.4 Å². The van der Waals surface area contributed by atoms with Gasteiger partial charge in [0.05, 0.1) is 5.69 Å². The van der Waals surface area contributed by atoms with Crippen LogP contribution in [0.1, 0.15) is 16.8 Å². The minimum atomic E-state index is 1.000. The molecule has 0 spiro atoms. The van der Waals surface area contributed by atoms with Gasteiger partial charge in [0.15, 0.2) is 5.13 Å². The Bertz CT molecular complexity index is 462. The maximum Gasteiger partial charge on any atom is 0.182 e. The molecule has 0 aliphatic heterocycles. The number of benzene rings is 1. The van der Waals surface area contributed by atoms with Crippen molar-refractivity contribution < 1.29 is 0 Å². The standard InChI is InChI=1S/C13H16N2S/c1-10-5-3-4-6-11(10)7-8-12-9-16-13(14-2)15-12/h3-6,9H,7-8H2,1-2H3,(H,14,15). The highest BCUT2D eigenvalue weighted by Crippen LogP contribution is 2.17. The normalized spacial score (nSPS) is 10.4. The molecular weight excluding hydrogens is 216 g/mol. The number of rotatable bonds is 4. The van der Waals surface area contributed by atoms with Crippen molar-refractivity contribution in [1.29, 1.82) is 0 Å². The highest BCUT2D eigenvalue weighted by Gasteiger charge is 2.02. The molecule has 0 aliphatic rings. The van der Waals surface area contributed by atoms with Crippen molar-refractivity contribution in [1.82, 2.24) is 4.98 Å². The van der Waals surface area contributed by atoms with Gasteiger partial charge in [0.2, 0.25) is 0 Å². The maximum absolute atomic E-state index is 4.48. The van der Waals surface area contributed by atoms with E-state index in [-0.39, 0.29) is 0 Å². The van der Waals surface area contributed by atoms with E-state index in [2.05, 4.69) is 46.9 Å². The second-order valence-electron chi connectivity index (χ2n) is 3.82. The van der Waals surface area contributed by atoms with Gasteiger partial charge >= 0.3 is 0 Å². The molecule has 1 heterocycles. The maximum atomic E-state index is 4.48. The van der Waals surface area contributed by atoms with Crippen LogP contribution in [0.4, 0.5) is 5.13 Å². The Hall–Kier alpha value is -1.35. The topological polar surface area (TPSA) is 24.9 Å². The molecule has 0 unspecified atom stereocenters. The van der Waals surface area contributed by atoms with Crippen LogP contribution >= 0.6 is 11.3 Å². The molecule has 1 aromatic carbocycles. The van der Waals surface area contributed by atoms with E-state index in [1.54, 1.807) is 11.3 Å². The first-order valence-corrected chi connectivity index (χ1v) is 6.34. The summed E-state index contributed by atoms with van der Waals surface area (Å²) in [6.45, 7) is 2.16. The molecule has 0 saturated carbocycles. The number of aryl methyl sites for hydroxylation is 3. The molecule has 84 valence electrons. The van der Waals surface area contributed by atoms with Gasteiger partial charge in [0.25, 0.3) is 0 Å². The van der Waals surface area contributed by atoms with Crippen LogP contribution in [-0.2, 0) is 12.8 Å². The number of thiazole rings is 1. The summed E-state index contributed by atoms with van der Waals surface area (Å²) in [5.41, 5.74) is 3.96. The van der Waals surface area contributed by atoms with E-state index in [4.69, 9.17) is 0 Å². The molecule has 2 rings (SSSR count). The lowest BCUT2D eigenvalue weighted by atomic mass is 10.0. The predicted octanol–water partition coefficient (Wildman–Crippen LogP) is 3.28. The predicted molar refractivity (Wildman–Crippen MR) is 70.2 cm³/mol. The average Bonchev–Trinajstić information content (AvgIpc) is 2.76. The summed E-state index contributed by atoms with van der Waals surface area (Å²) in [4.78, 5) is 4.48. The number of nitrogens with zero attached hydrogens (tertiary/aromatic N) is 1. The summed E-state index contributed by atoms with van der Waals surface area (Å²) in [6.07, 6.45) is 2.09. The van der Waals surface area contributed by atoms with Crippen molar-refractivity contribution in [2.24, 2.45) is 0 Å². The minimum absolute atomic E-state index is 1.000. The third-order valence-corrected chi connectivity index (χ3v) is 3.59. The van der Waals surface area contributed by atoms with Crippen molar-refractivity contribution in [2.75, 3.05) is 12.4 Å². The molecule has 0 fully saturated rings. The van der Waals surface area contributed by atoms with E-state index in [9.17, 15) is 0 Å². The van der Waals surface area contributed by atoms with E-state index >= 15 is 0 Å². The zero-order valence-electron chi connectivity index (χ0n) is 9.66. The smallest absolute Gasteiger partial charge is 0.182 e. The van der Waals surface area contributed by atoms with Crippen molar-refractivity contribution in [2.45, 2.75) is 19.8 Å². The summed E-state index contributed by atoms with van der Waals surface area (Å²) in [5, 5.41) is 6.19. The zero-order chi connectivity index (χ0) is 11.4. The van der Waals surface area contributed by atoms with Gasteiger partial charge < -0.3 is 5.32 Å². The fraction of sp³-hybridized carbons (Fsp3) is 0.308. The first kappa shape index (κ1) is 11.1. The van der Waals surface area contributed by atoms with E-state index in [0.717, 1.165) is 18.0 Å². The molecule has 1 N–H and O–H groups in total. The molecule has 2 nitrogen and oxygen atoms in total. The van der Waals surface area contributed by atoms with Gasteiger partial charge in [-0.2, -0.15) is 0 Å². The Morgan fingerprint density at radius 1 is 1.25 bits per heavy atom. The quantitative estimate of drug-likeness (QED) is 0.875. The largest absolute Gasteiger partial charge is 0.365 e. The third kappa shape index (κ3) is 2.61.